The van der Waals surface area contributed by atoms with Crippen molar-refractivity contribution in [2.24, 2.45) is 5.73 Å². The molecule has 2 nitrogen and oxygen atoms in total. The Labute approximate surface area is 67.9 Å². The van der Waals surface area contributed by atoms with Crippen LogP contribution >= 0.6 is 11.8 Å². The summed E-state index contributed by atoms with van der Waals surface area (Å²) in [5.41, 5.74) is 5.53. The van der Waals surface area contributed by atoms with E-state index < -0.39 is 0 Å². The molecular formula is C7H18N2S. The van der Waals surface area contributed by atoms with E-state index in [2.05, 4.69) is 18.5 Å². The number of likely N-dealkylation sites (N-methyl/N-ethyl adjacent to an activating group) is 1. The lowest BCUT2D eigenvalue weighted by Crippen LogP contribution is -2.36. The van der Waals surface area contributed by atoms with Gasteiger partial charge in [0.05, 0.1) is 0 Å². The Kier molecular flexibility index (Phi) is 7.58. The average Bonchev–Trinajstić information content (AvgIpc) is 1.98. The molecule has 0 fully saturated rings. The Hall–Kier alpha value is 0.270. The third kappa shape index (κ3) is 5.09. The van der Waals surface area contributed by atoms with Gasteiger partial charge in [-0.05, 0) is 25.0 Å². The van der Waals surface area contributed by atoms with Crippen LogP contribution in [-0.2, 0) is 0 Å². The maximum atomic E-state index is 5.53. The van der Waals surface area contributed by atoms with Crippen molar-refractivity contribution in [3.05, 3.63) is 0 Å². The Morgan fingerprint density at radius 3 is 2.70 bits per heavy atom. The van der Waals surface area contributed by atoms with Gasteiger partial charge in [-0.2, -0.15) is 11.8 Å². The first-order chi connectivity index (χ1) is 4.85. The quantitative estimate of drug-likeness (QED) is 0.603. The molecule has 10 heavy (non-hydrogen) atoms. The first kappa shape index (κ1) is 10.3. The molecule has 0 aliphatic rings. The van der Waals surface area contributed by atoms with Crippen LogP contribution in [0.5, 0.6) is 0 Å². The van der Waals surface area contributed by atoms with E-state index in [1.807, 2.05) is 11.8 Å². The maximum absolute atomic E-state index is 5.53. The van der Waals surface area contributed by atoms with E-state index in [0.717, 1.165) is 13.1 Å². The summed E-state index contributed by atoms with van der Waals surface area (Å²) in [5, 5.41) is 3.33. The lowest BCUT2D eigenvalue weighted by Gasteiger charge is -2.13. The molecular weight excluding hydrogens is 144 g/mol. The van der Waals surface area contributed by atoms with Crippen LogP contribution in [0.2, 0.25) is 0 Å². The molecule has 0 saturated heterocycles. The van der Waals surface area contributed by atoms with Crippen LogP contribution in [0.25, 0.3) is 0 Å². The van der Waals surface area contributed by atoms with Crippen molar-refractivity contribution in [1.29, 1.82) is 0 Å². The van der Waals surface area contributed by atoms with Crippen LogP contribution in [0, 0.1) is 0 Å². The molecule has 1 atom stereocenters. The highest BCUT2D eigenvalue weighted by atomic mass is 32.2. The normalized spacial score (nSPS) is 13.5. The fraction of sp³-hybridized carbons (Fsp3) is 1.00. The molecule has 0 aliphatic carbocycles. The predicted octanol–water partition coefficient (Wildman–Crippen LogP) is 0.676. The third-order valence-electron chi connectivity index (χ3n) is 1.45. The first-order valence-electron chi connectivity index (χ1n) is 3.77. The Bertz CT molecular complexity index is 68.6. The largest absolute Gasteiger partial charge is 0.329 e. The average molecular weight is 162 g/mol. The second-order valence-corrected chi connectivity index (χ2v) is 3.26. The smallest absolute Gasteiger partial charge is 0.0197 e. The molecule has 0 rings (SSSR count). The van der Waals surface area contributed by atoms with Crippen molar-refractivity contribution < 1.29 is 0 Å². The van der Waals surface area contributed by atoms with Crippen molar-refractivity contribution in [3.63, 3.8) is 0 Å². The van der Waals surface area contributed by atoms with Gasteiger partial charge in [0, 0.05) is 12.6 Å². The van der Waals surface area contributed by atoms with E-state index in [1.165, 1.54) is 12.2 Å². The van der Waals surface area contributed by atoms with Gasteiger partial charge in [-0.15, -0.1) is 0 Å². The van der Waals surface area contributed by atoms with Crippen molar-refractivity contribution in [1.82, 2.24) is 5.32 Å². The standard InChI is InChI=1S/C7H18N2S/c1-3-9-7(6-8)4-5-10-2/h7,9H,3-6,8H2,1-2H3. The zero-order chi connectivity index (χ0) is 7.82. The van der Waals surface area contributed by atoms with Crippen molar-refractivity contribution in [3.8, 4) is 0 Å². The van der Waals surface area contributed by atoms with Gasteiger partial charge in [-0.1, -0.05) is 6.92 Å². The molecule has 0 radical (unpaired) electrons. The number of thioether (sulfide) groups is 1. The highest BCUT2D eigenvalue weighted by molar-refractivity contribution is 7.98. The minimum absolute atomic E-state index is 0.525. The van der Waals surface area contributed by atoms with Gasteiger partial charge in [0.1, 0.15) is 0 Å². The highest BCUT2D eigenvalue weighted by Gasteiger charge is 2.01. The van der Waals surface area contributed by atoms with E-state index in [1.54, 1.807) is 0 Å². The summed E-state index contributed by atoms with van der Waals surface area (Å²) in [6, 6.07) is 0.525. The fourth-order valence-corrected chi connectivity index (χ4v) is 1.37. The molecule has 3 N–H and O–H groups in total. The summed E-state index contributed by atoms with van der Waals surface area (Å²) in [6.07, 6.45) is 3.31. The van der Waals surface area contributed by atoms with Crippen LogP contribution in [0.4, 0.5) is 0 Å². The number of hydrogen-bond donors (Lipinski definition) is 2. The summed E-state index contributed by atoms with van der Waals surface area (Å²) in [5.74, 6) is 1.20. The zero-order valence-corrected chi connectivity index (χ0v) is 7.71. The molecule has 1 unspecified atom stereocenters. The van der Waals surface area contributed by atoms with Crippen LogP contribution in [0.3, 0.4) is 0 Å². The summed E-state index contributed by atoms with van der Waals surface area (Å²) in [6.45, 7) is 3.90. The van der Waals surface area contributed by atoms with Crippen molar-refractivity contribution in [2.45, 2.75) is 19.4 Å². The topological polar surface area (TPSA) is 38.0 Å². The molecule has 0 saturated carbocycles. The molecule has 0 heterocycles. The number of hydrogen-bond acceptors (Lipinski definition) is 3. The second kappa shape index (κ2) is 7.38. The van der Waals surface area contributed by atoms with Gasteiger partial charge in [-0.3, -0.25) is 0 Å². The number of nitrogens with two attached hydrogens (primary N) is 1. The minimum Gasteiger partial charge on any atom is -0.329 e. The van der Waals surface area contributed by atoms with Gasteiger partial charge in [0.2, 0.25) is 0 Å². The molecule has 3 heteroatoms. The second-order valence-electron chi connectivity index (χ2n) is 2.27. The van der Waals surface area contributed by atoms with Gasteiger partial charge in [0.25, 0.3) is 0 Å². The maximum Gasteiger partial charge on any atom is 0.0197 e. The zero-order valence-electron chi connectivity index (χ0n) is 6.89. The summed E-state index contributed by atoms with van der Waals surface area (Å²) in [4.78, 5) is 0. The third-order valence-corrected chi connectivity index (χ3v) is 2.09. The van der Waals surface area contributed by atoms with Crippen molar-refractivity contribution >= 4 is 11.8 Å². The molecule has 0 bridgehead atoms. The fourth-order valence-electron chi connectivity index (χ4n) is 0.852. The number of nitrogens with one attached hydrogen (secondary N) is 1. The number of rotatable bonds is 6. The molecule has 62 valence electrons. The summed E-state index contributed by atoms with van der Waals surface area (Å²) >= 11 is 1.88. The van der Waals surface area contributed by atoms with Crippen molar-refractivity contribution in [2.75, 3.05) is 25.1 Å². The van der Waals surface area contributed by atoms with Gasteiger partial charge in [-0.25, -0.2) is 0 Å². The molecule has 0 aliphatic heterocycles. The molecule has 0 aromatic heterocycles. The van der Waals surface area contributed by atoms with Gasteiger partial charge >= 0.3 is 0 Å². The van der Waals surface area contributed by atoms with E-state index in [-0.39, 0.29) is 0 Å². The molecule has 0 aromatic rings. The Morgan fingerprint density at radius 2 is 2.30 bits per heavy atom. The summed E-state index contributed by atoms with van der Waals surface area (Å²) < 4.78 is 0. The van der Waals surface area contributed by atoms with E-state index in [9.17, 15) is 0 Å². The predicted molar refractivity (Wildman–Crippen MR) is 49.5 cm³/mol. The monoisotopic (exact) mass is 162 g/mol. The van der Waals surface area contributed by atoms with Crippen LogP contribution < -0.4 is 11.1 Å². The van der Waals surface area contributed by atoms with Crippen LogP contribution in [0.1, 0.15) is 13.3 Å². The van der Waals surface area contributed by atoms with Gasteiger partial charge in [0.15, 0.2) is 0 Å². The molecule has 0 spiro atoms. The lowest BCUT2D eigenvalue weighted by molar-refractivity contribution is 0.525. The molecule has 0 aromatic carbocycles. The van der Waals surface area contributed by atoms with Gasteiger partial charge < -0.3 is 11.1 Å². The SMILES string of the molecule is CCNC(CN)CCSC. The van der Waals surface area contributed by atoms with E-state index >= 15 is 0 Å². The first-order valence-corrected chi connectivity index (χ1v) is 5.16. The lowest BCUT2D eigenvalue weighted by atomic mass is 10.2. The Balaban J connectivity index is 3.21. The van der Waals surface area contributed by atoms with E-state index in [0.29, 0.717) is 6.04 Å². The Morgan fingerprint density at radius 1 is 1.60 bits per heavy atom. The van der Waals surface area contributed by atoms with Crippen LogP contribution in [-0.4, -0.2) is 31.1 Å². The van der Waals surface area contributed by atoms with E-state index in [4.69, 9.17) is 5.73 Å². The summed E-state index contributed by atoms with van der Waals surface area (Å²) in [7, 11) is 0. The highest BCUT2D eigenvalue weighted by Crippen LogP contribution is 1.98. The molecule has 0 amide bonds. The van der Waals surface area contributed by atoms with Crippen LogP contribution in [0.15, 0.2) is 0 Å². The minimum atomic E-state index is 0.525.